The van der Waals surface area contributed by atoms with Crippen molar-refractivity contribution in [1.29, 1.82) is 0 Å². The fourth-order valence-electron chi connectivity index (χ4n) is 2.32. The number of halogens is 2. The second-order valence-electron chi connectivity index (χ2n) is 5.57. The van der Waals surface area contributed by atoms with Gasteiger partial charge in [0.2, 0.25) is 5.16 Å². The van der Waals surface area contributed by atoms with E-state index in [9.17, 15) is 0 Å². The molecule has 0 spiro atoms. The molecule has 3 aromatic rings. The smallest absolute Gasteiger partial charge is 0.214 e. The molecule has 0 aliphatic rings. The number of thioether (sulfide) groups is 1. The summed E-state index contributed by atoms with van der Waals surface area (Å²) in [6, 6.07) is 17.7. The summed E-state index contributed by atoms with van der Waals surface area (Å²) in [7, 11) is 0. The van der Waals surface area contributed by atoms with Crippen LogP contribution in [0.15, 0.2) is 65.8 Å². The Morgan fingerprint density at radius 2 is 1.85 bits per heavy atom. The SMILES string of the molecule is Clc1ccc(/C=C/CNCCCSc2nnnn2-c2ccccc2)cc1.[Cl-]. The van der Waals surface area contributed by atoms with Crippen LogP contribution in [0.4, 0.5) is 0 Å². The second-order valence-corrected chi connectivity index (χ2v) is 7.07. The highest BCUT2D eigenvalue weighted by Gasteiger charge is 2.07. The number of para-hydroxylation sites is 1. The number of aromatic nitrogens is 4. The molecule has 3 rings (SSSR count). The fraction of sp³-hybridized carbons (Fsp3) is 0.211. The molecule has 0 atom stereocenters. The van der Waals surface area contributed by atoms with Gasteiger partial charge in [0.1, 0.15) is 0 Å². The van der Waals surface area contributed by atoms with Gasteiger partial charge < -0.3 is 17.7 Å². The Morgan fingerprint density at radius 3 is 2.63 bits per heavy atom. The van der Waals surface area contributed by atoms with Crippen LogP contribution in [0.3, 0.4) is 0 Å². The first kappa shape index (κ1) is 21.4. The summed E-state index contributed by atoms with van der Waals surface area (Å²) < 4.78 is 1.77. The number of hydrogen-bond donors (Lipinski definition) is 1. The van der Waals surface area contributed by atoms with Gasteiger partial charge in [-0.3, -0.25) is 0 Å². The van der Waals surface area contributed by atoms with E-state index < -0.39 is 0 Å². The summed E-state index contributed by atoms with van der Waals surface area (Å²) in [5, 5.41) is 16.9. The molecule has 0 unspecified atom stereocenters. The molecule has 0 fully saturated rings. The van der Waals surface area contributed by atoms with Gasteiger partial charge in [0.25, 0.3) is 0 Å². The standard InChI is InChI=1S/C19H20ClN5S.ClH/c20-17-11-9-16(10-12-17)6-4-13-21-14-5-15-26-19-22-23-24-25(19)18-7-2-1-3-8-18;/h1-4,6-12,21H,5,13-15H2;1H/p-1/b6-4+;. The van der Waals surface area contributed by atoms with Gasteiger partial charge in [-0.25, -0.2) is 0 Å². The normalized spacial score (nSPS) is 10.9. The van der Waals surface area contributed by atoms with Crippen molar-refractivity contribution in [2.75, 3.05) is 18.8 Å². The maximum Gasteiger partial charge on any atom is 0.214 e. The Labute approximate surface area is 174 Å². The number of hydrogen-bond acceptors (Lipinski definition) is 5. The quantitative estimate of drug-likeness (QED) is 0.415. The zero-order valence-corrected chi connectivity index (χ0v) is 17.0. The van der Waals surface area contributed by atoms with Gasteiger partial charge in [-0.15, -0.1) is 5.10 Å². The molecule has 0 saturated heterocycles. The van der Waals surface area contributed by atoms with Gasteiger partial charge in [-0.2, -0.15) is 4.68 Å². The maximum absolute atomic E-state index is 5.87. The van der Waals surface area contributed by atoms with Crippen LogP contribution in [-0.2, 0) is 0 Å². The highest BCUT2D eigenvalue weighted by molar-refractivity contribution is 7.99. The average molecular weight is 421 g/mol. The summed E-state index contributed by atoms with van der Waals surface area (Å²) in [6.07, 6.45) is 5.25. The van der Waals surface area contributed by atoms with Crippen molar-refractivity contribution in [3.63, 3.8) is 0 Å². The first-order valence-electron chi connectivity index (χ1n) is 8.42. The molecule has 1 aromatic heterocycles. The topological polar surface area (TPSA) is 55.6 Å². The zero-order valence-electron chi connectivity index (χ0n) is 14.6. The molecule has 1 heterocycles. The molecule has 0 saturated carbocycles. The lowest BCUT2D eigenvalue weighted by molar-refractivity contribution is -0.00000521. The van der Waals surface area contributed by atoms with Gasteiger partial charge in [-0.05, 0) is 53.2 Å². The Kier molecular flexibility index (Phi) is 9.35. The van der Waals surface area contributed by atoms with Gasteiger partial charge in [-0.1, -0.05) is 65.8 Å². The van der Waals surface area contributed by atoms with E-state index in [0.29, 0.717) is 0 Å². The number of tetrazole rings is 1. The van der Waals surface area contributed by atoms with E-state index in [4.69, 9.17) is 11.6 Å². The molecule has 0 amide bonds. The van der Waals surface area contributed by atoms with Gasteiger partial charge >= 0.3 is 0 Å². The third-order valence-corrected chi connectivity index (χ3v) is 4.87. The minimum atomic E-state index is 0. The summed E-state index contributed by atoms with van der Waals surface area (Å²) in [6.45, 7) is 1.79. The molecule has 8 heteroatoms. The fourth-order valence-corrected chi connectivity index (χ4v) is 3.27. The van der Waals surface area contributed by atoms with Crippen molar-refractivity contribution < 1.29 is 12.4 Å². The Hall–Kier alpha value is -1.86. The third kappa shape index (κ3) is 6.99. The van der Waals surface area contributed by atoms with Crippen LogP contribution < -0.4 is 17.7 Å². The van der Waals surface area contributed by atoms with E-state index in [2.05, 4.69) is 33.0 Å². The third-order valence-electron chi connectivity index (χ3n) is 3.61. The highest BCUT2D eigenvalue weighted by Crippen LogP contribution is 2.18. The molecule has 0 bridgehead atoms. The average Bonchev–Trinajstić information content (AvgIpc) is 3.14. The van der Waals surface area contributed by atoms with Gasteiger partial charge in [0.15, 0.2) is 0 Å². The van der Waals surface area contributed by atoms with Gasteiger partial charge in [0.05, 0.1) is 5.69 Å². The molecule has 27 heavy (non-hydrogen) atoms. The molecule has 2 aromatic carbocycles. The second kappa shape index (κ2) is 11.8. The molecular weight excluding hydrogens is 401 g/mol. The van der Waals surface area contributed by atoms with E-state index in [1.54, 1.807) is 16.4 Å². The van der Waals surface area contributed by atoms with Crippen LogP contribution in [0.1, 0.15) is 12.0 Å². The van der Waals surface area contributed by atoms with Crippen molar-refractivity contribution in [2.24, 2.45) is 0 Å². The number of benzene rings is 2. The lowest BCUT2D eigenvalue weighted by Gasteiger charge is -2.04. The predicted octanol–water partition coefficient (Wildman–Crippen LogP) is 1.10. The summed E-state index contributed by atoms with van der Waals surface area (Å²) in [5.74, 6) is 0.959. The monoisotopic (exact) mass is 420 g/mol. The van der Waals surface area contributed by atoms with Crippen molar-refractivity contribution >= 4 is 29.4 Å². The molecule has 5 nitrogen and oxygen atoms in total. The van der Waals surface area contributed by atoms with Crippen molar-refractivity contribution in [1.82, 2.24) is 25.5 Å². The van der Waals surface area contributed by atoms with Crippen LogP contribution in [0, 0.1) is 0 Å². The summed E-state index contributed by atoms with van der Waals surface area (Å²) in [4.78, 5) is 0. The first-order chi connectivity index (χ1) is 12.8. The molecule has 0 aliphatic carbocycles. The van der Waals surface area contributed by atoms with E-state index in [1.165, 1.54) is 0 Å². The Bertz CT molecular complexity index is 822. The molecule has 0 radical (unpaired) electrons. The largest absolute Gasteiger partial charge is 1.00 e. The Morgan fingerprint density at radius 1 is 1.07 bits per heavy atom. The zero-order chi connectivity index (χ0) is 18.0. The minimum absolute atomic E-state index is 0. The van der Waals surface area contributed by atoms with Crippen LogP contribution in [-0.4, -0.2) is 39.0 Å². The van der Waals surface area contributed by atoms with Crippen molar-refractivity contribution in [3.8, 4) is 5.69 Å². The van der Waals surface area contributed by atoms with Gasteiger partial charge in [0, 0.05) is 17.3 Å². The Balaban J connectivity index is 0.00000261. The maximum atomic E-state index is 5.87. The van der Waals surface area contributed by atoms with Crippen LogP contribution in [0.25, 0.3) is 11.8 Å². The summed E-state index contributed by atoms with van der Waals surface area (Å²) >= 11 is 7.54. The molecule has 1 N–H and O–H groups in total. The lowest BCUT2D eigenvalue weighted by Crippen LogP contribution is -3.00. The number of rotatable bonds is 9. The minimum Gasteiger partial charge on any atom is -1.00 e. The summed E-state index contributed by atoms with van der Waals surface area (Å²) in [5.41, 5.74) is 2.13. The highest BCUT2D eigenvalue weighted by atomic mass is 35.5. The van der Waals surface area contributed by atoms with E-state index >= 15 is 0 Å². The van der Waals surface area contributed by atoms with Crippen LogP contribution >= 0.6 is 23.4 Å². The number of nitrogens with zero attached hydrogens (tertiary/aromatic N) is 4. The predicted molar refractivity (Wildman–Crippen MR) is 108 cm³/mol. The van der Waals surface area contributed by atoms with Crippen LogP contribution in [0.2, 0.25) is 5.02 Å². The van der Waals surface area contributed by atoms with E-state index in [1.807, 2.05) is 54.6 Å². The molecule has 142 valence electrons. The first-order valence-corrected chi connectivity index (χ1v) is 9.79. The van der Waals surface area contributed by atoms with Crippen LogP contribution in [0.5, 0.6) is 0 Å². The van der Waals surface area contributed by atoms with E-state index in [-0.39, 0.29) is 12.4 Å². The lowest BCUT2D eigenvalue weighted by atomic mass is 10.2. The van der Waals surface area contributed by atoms with Crippen molar-refractivity contribution in [2.45, 2.75) is 11.6 Å². The molecule has 0 aliphatic heterocycles. The van der Waals surface area contributed by atoms with Crippen molar-refractivity contribution in [3.05, 3.63) is 71.3 Å². The van der Waals surface area contributed by atoms with E-state index in [0.717, 1.165) is 46.7 Å². The molecular formula is C19H20Cl2N5S-. The number of nitrogens with one attached hydrogen (secondary N) is 1.